The van der Waals surface area contributed by atoms with E-state index in [9.17, 15) is 9.59 Å². The summed E-state index contributed by atoms with van der Waals surface area (Å²) in [5, 5.41) is 5.71. The third-order valence-electron chi connectivity index (χ3n) is 3.15. The monoisotopic (exact) mass is 267 g/mol. The van der Waals surface area contributed by atoms with E-state index in [1.165, 1.54) is 6.47 Å². The molecule has 0 fully saturated rings. The van der Waals surface area contributed by atoms with Gasteiger partial charge in [0.1, 0.15) is 0 Å². The van der Waals surface area contributed by atoms with Gasteiger partial charge in [-0.25, -0.2) is 4.79 Å². The third kappa shape index (κ3) is 1.89. The molecule has 1 unspecified atom stereocenters. The summed E-state index contributed by atoms with van der Waals surface area (Å²) in [6.07, 6.45) is 0. The molecule has 1 aliphatic rings. The van der Waals surface area contributed by atoms with Crippen LogP contribution in [0.1, 0.15) is 15.9 Å². The summed E-state index contributed by atoms with van der Waals surface area (Å²) in [5.41, 5.74) is 1.69. The van der Waals surface area contributed by atoms with Gasteiger partial charge in [-0.15, -0.1) is 0 Å². The van der Waals surface area contributed by atoms with Gasteiger partial charge in [0.05, 0.1) is 11.3 Å². The van der Waals surface area contributed by atoms with Crippen LogP contribution in [0.5, 0.6) is 0 Å². The molecule has 2 N–H and O–H groups in total. The number of carbonyl (C=O) groups excluding carboxylic acids is 2. The van der Waals surface area contributed by atoms with E-state index < -0.39 is 5.85 Å². The van der Waals surface area contributed by atoms with Crippen molar-refractivity contribution in [1.82, 2.24) is 5.32 Å². The lowest BCUT2D eigenvalue weighted by atomic mass is 10.0. The zero-order valence-electron chi connectivity index (χ0n) is 10.4. The number of hydrogen-bond donors (Lipinski definition) is 2. The number of anilines is 1. The van der Waals surface area contributed by atoms with Gasteiger partial charge in [-0.2, -0.15) is 0 Å². The van der Waals surface area contributed by atoms with Gasteiger partial charge in [0.25, 0.3) is 11.8 Å². The molecule has 0 saturated heterocycles. The minimum Gasteiger partial charge on any atom is -0.407 e. The highest BCUT2D eigenvalue weighted by Crippen LogP contribution is 2.31. The standard InChI is InChI=1S/C15H11N2O3/c18-10-20-15(11-6-2-1-3-7-11)16-13-9-5-4-8-12(13)14(19)17-15/h1-9,16H,(H,17,19). The maximum atomic E-state index is 12.2. The van der Waals surface area contributed by atoms with Crippen LogP contribution in [0.25, 0.3) is 0 Å². The van der Waals surface area contributed by atoms with Gasteiger partial charge < -0.3 is 10.1 Å². The van der Waals surface area contributed by atoms with Crippen LogP contribution in [0.2, 0.25) is 0 Å². The molecular weight excluding hydrogens is 256 g/mol. The number of carbonyl (C=O) groups is 1. The second-order valence-corrected chi connectivity index (χ2v) is 4.36. The largest absolute Gasteiger partial charge is 0.421 e. The summed E-state index contributed by atoms with van der Waals surface area (Å²) in [6.45, 7) is 1.40. The second kappa shape index (κ2) is 4.70. The maximum absolute atomic E-state index is 12.2. The molecule has 3 rings (SSSR count). The first-order chi connectivity index (χ1) is 9.75. The lowest BCUT2D eigenvalue weighted by molar-refractivity contribution is 0.0323. The normalized spacial score (nSPS) is 20.3. The molecule has 5 heteroatoms. The van der Waals surface area contributed by atoms with Crippen molar-refractivity contribution in [2.24, 2.45) is 0 Å². The van der Waals surface area contributed by atoms with Gasteiger partial charge in [-0.3, -0.25) is 10.1 Å². The molecule has 1 amide bonds. The van der Waals surface area contributed by atoms with E-state index in [2.05, 4.69) is 10.6 Å². The first kappa shape index (κ1) is 12.2. The molecule has 1 radical (unpaired) electrons. The Labute approximate surface area is 115 Å². The number of fused-ring (bicyclic) bond motifs is 1. The van der Waals surface area contributed by atoms with Crippen molar-refractivity contribution in [1.29, 1.82) is 0 Å². The van der Waals surface area contributed by atoms with Gasteiger partial charge in [-0.1, -0.05) is 42.5 Å². The molecule has 99 valence electrons. The molecule has 0 aliphatic carbocycles. The van der Waals surface area contributed by atoms with E-state index in [1.54, 1.807) is 48.5 Å². The molecule has 1 aliphatic heterocycles. The van der Waals surface area contributed by atoms with Crippen LogP contribution in [0.15, 0.2) is 54.6 Å². The highest BCUT2D eigenvalue weighted by molar-refractivity contribution is 6.02. The molecule has 2 aromatic rings. The number of benzene rings is 2. The Morgan fingerprint density at radius 1 is 0.950 bits per heavy atom. The lowest BCUT2D eigenvalue weighted by Crippen LogP contribution is -2.56. The van der Waals surface area contributed by atoms with E-state index in [0.717, 1.165) is 0 Å². The van der Waals surface area contributed by atoms with Crippen LogP contribution < -0.4 is 10.6 Å². The van der Waals surface area contributed by atoms with E-state index in [4.69, 9.17) is 4.74 Å². The zero-order chi connectivity index (χ0) is 14.0. The summed E-state index contributed by atoms with van der Waals surface area (Å²) < 4.78 is 5.04. The van der Waals surface area contributed by atoms with Crippen molar-refractivity contribution in [2.45, 2.75) is 5.85 Å². The predicted molar refractivity (Wildman–Crippen MR) is 72.4 cm³/mol. The molecule has 2 aromatic carbocycles. The van der Waals surface area contributed by atoms with Crippen LogP contribution in [0.4, 0.5) is 5.69 Å². The first-order valence-corrected chi connectivity index (χ1v) is 6.05. The van der Waals surface area contributed by atoms with Crippen molar-refractivity contribution in [3.8, 4) is 0 Å². The van der Waals surface area contributed by atoms with Crippen LogP contribution >= 0.6 is 0 Å². The van der Waals surface area contributed by atoms with Crippen LogP contribution in [-0.2, 0) is 15.4 Å². The van der Waals surface area contributed by atoms with E-state index in [0.29, 0.717) is 16.8 Å². The van der Waals surface area contributed by atoms with Crippen molar-refractivity contribution in [3.63, 3.8) is 0 Å². The SMILES string of the molecule is O=[C]OC1(c2ccccc2)NC(=O)c2ccccc2N1. The van der Waals surface area contributed by atoms with Crippen molar-refractivity contribution >= 4 is 18.1 Å². The minimum atomic E-state index is -1.44. The second-order valence-electron chi connectivity index (χ2n) is 4.36. The Hall–Kier alpha value is -2.82. The van der Waals surface area contributed by atoms with Gasteiger partial charge in [0.2, 0.25) is 0 Å². The van der Waals surface area contributed by atoms with E-state index in [-0.39, 0.29) is 5.91 Å². The predicted octanol–water partition coefficient (Wildman–Crippen LogP) is 1.74. The quantitative estimate of drug-likeness (QED) is 0.888. The number of nitrogens with one attached hydrogen (secondary N) is 2. The van der Waals surface area contributed by atoms with Gasteiger partial charge >= 0.3 is 6.47 Å². The number of hydrogen-bond acceptors (Lipinski definition) is 4. The van der Waals surface area contributed by atoms with Crippen molar-refractivity contribution in [3.05, 3.63) is 65.7 Å². The first-order valence-electron chi connectivity index (χ1n) is 6.05. The zero-order valence-corrected chi connectivity index (χ0v) is 10.4. The average Bonchev–Trinajstić information content (AvgIpc) is 2.48. The van der Waals surface area contributed by atoms with Gasteiger partial charge in [0.15, 0.2) is 0 Å². The average molecular weight is 267 g/mol. The van der Waals surface area contributed by atoms with Crippen LogP contribution in [-0.4, -0.2) is 12.4 Å². The summed E-state index contributed by atoms with van der Waals surface area (Å²) in [4.78, 5) is 22.9. The fraction of sp³-hybridized carbons (Fsp3) is 0.0667. The lowest BCUT2D eigenvalue weighted by Gasteiger charge is -2.37. The molecule has 0 aromatic heterocycles. The maximum Gasteiger partial charge on any atom is 0.421 e. The fourth-order valence-corrected chi connectivity index (χ4v) is 2.23. The van der Waals surface area contributed by atoms with Gasteiger partial charge in [-0.05, 0) is 12.1 Å². The molecule has 1 atom stereocenters. The summed E-state index contributed by atoms with van der Waals surface area (Å²) in [7, 11) is 0. The summed E-state index contributed by atoms with van der Waals surface area (Å²) in [5.74, 6) is -1.76. The Kier molecular flexibility index (Phi) is 2.87. The van der Waals surface area contributed by atoms with Gasteiger partial charge in [0, 0.05) is 5.56 Å². The Bertz CT molecular complexity index is 657. The number of ether oxygens (including phenoxy) is 1. The van der Waals surface area contributed by atoms with Crippen LogP contribution in [0.3, 0.4) is 0 Å². The molecule has 5 nitrogen and oxygen atoms in total. The highest BCUT2D eigenvalue weighted by atomic mass is 16.6. The molecule has 0 spiro atoms. The summed E-state index contributed by atoms with van der Waals surface area (Å²) in [6, 6.07) is 15.9. The molecule has 0 bridgehead atoms. The number of amides is 1. The minimum absolute atomic E-state index is 0.321. The molecular formula is C15H11N2O3. The third-order valence-corrected chi connectivity index (χ3v) is 3.15. The topological polar surface area (TPSA) is 67.4 Å². The van der Waals surface area contributed by atoms with E-state index >= 15 is 0 Å². The van der Waals surface area contributed by atoms with Crippen molar-refractivity contribution in [2.75, 3.05) is 5.32 Å². The number of para-hydroxylation sites is 1. The van der Waals surface area contributed by atoms with Crippen LogP contribution in [0, 0.1) is 0 Å². The van der Waals surface area contributed by atoms with Crippen molar-refractivity contribution < 1.29 is 14.3 Å². The Morgan fingerprint density at radius 3 is 2.40 bits per heavy atom. The number of rotatable bonds is 3. The molecule has 20 heavy (non-hydrogen) atoms. The Balaban J connectivity index is 2.10. The van der Waals surface area contributed by atoms with E-state index in [1.807, 2.05) is 6.07 Å². The Morgan fingerprint density at radius 2 is 1.65 bits per heavy atom. The molecule has 0 saturated carbocycles. The smallest absolute Gasteiger partial charge is 0.407 e. The summed E-state index contributed by atoms with van der Waals surface area (Å²) >= 11 is 0. The fourth-order valence-electron chi connectivity index (χ4n) is 2.23. The highest BCUT2D eigenvalue weighted by Gasteiger charge is 2.41. The molecule has 1 heterocycles.